The van der Waals surface area contributed by atoms with E-state index in [1.54, 1.807) is 7.05 Å². The standard InChI is InChI=1S/C15H17FN2O4/c1-8(15(21)22)17-14(20)11-7-12(19)18(2)13(11)9-3-5-10(16)6-4-9/h3-6,8,11,13H,7H2,1-2H3,(H,17,20)(H,21,22)/t8-,11?,13?/m1/s1. The van der Waals surface area contributed by atoms with E-state index in [-0.39, 0.29) is 12.3 Å². The summed E-state index contributed by atoms with van der Waals surface area (Å²) < 4.78 is 13.0. The van der Waals surface area contributed by atoms with E-state index in [0.29, 0.717) is 5.56 Å². The smallest absolute Gasteiger partial charge is 0.325 e. The number of aliphatic carboxylic acids is 1. The minimum atomic E-state index is -1.15. The third-order valence-electron chi connectivity index (χ3n) is 3.86. The molecule has 3 atom stereocenters. The van der Waals surface area contributed by atoms with Gasteiger partial charge in [0.25, 0.3) is 0 Å². The van der Waals surface area contributed by atoms with Crippen molar-refractivity contribution < 1.29 is 23.9 Å². The van der Waals surface area contributed by atoms with Crippen molar-refractivity contribution in [2.45, 2.75) is 25.4 Å². The van der Waals surface area contributed by atoms with Crippen molar-refractivity contribution in [1.82, 2.24) is 10.2 Å². The van der Waals surface area contributed by atoms with Crippen LogP contribution in [0.25, 0.3) is 0 Å². The molecule has 0 bridgehead atoms. The first-order valence-electron chi connectivity index (χ1n) is 6.85. The quantitative estimate of drug-likeness (QED) is 0.866. The molecule has 2 rings (SSSR count). The number of carbonyl (C=O) groups is 3. The zero-order chi connectivity index (χ0) is 16.4. The number of halogens is 1. The summed E-state index contributed by atoms with van der Waals surface area (Å²) in [6.45, 7) is 1.35. The summed E-state index contributed by atoms with van der Waals surface area (Å²) >= 11 is 0. The summed E-state index contributed by atoms with van der Waals surface area (Å²) in [7, 11) is 1.57. The van der Waals surface area contributed by atoms with Crippen LogP contribution in [0.2, 0.25) is 0 Å². The molecule has 0 aromatic heterocycles. The van der Waals surface area contributed by atoms with Gasteiger partial charge in [-0.15, -0.1) is 0 Å². The minimum Gasteiger partial charge on any atom is -0.480 e. The normalized spacial score (nSPS) is 22.5. The fraction of sp³-hybridized carbons (Fsp3) is 0.400. The molecule has 1 saturated heterocycles. The van der Waals surface area contributed by atoms with Crippen molar-refractivity contribution in [3.05, 3.63) is 35.6 Å². The molecule has 0 radical (unpaired) electrons. The average molecular weight is 308 g/mol. The van der Waals surface area contributed by atoms with E-state index >= 15 is 0 Å². The molecule has 0 saturated carbocycles. The zero-order valence-corrected chi connectivity index (χ0v) is 12.2. The average Bonchev–Trinajstić information content (AvgIpc) is 2.76. The topological polar surface area (TPSA) is 86.7 Å². The van der Waals surface area contributed by atoms with Crippen LogP contribution in [0.1, 0.15) is 24.9 Å². The number of rotatable bonds is 4. The van der Waals surface area contributed by atoms with Gasteiger partial charge in [0.1, 0.15) is 11.9 Å². The monoisotopic (exact) mass is 308 g/mol. The highest BCUT2D eigenvalue weighted by Gasteiger charge is 2.43. The number of nitrogens with zero attached hydrogens (tertiary/aromatic N) is 1. The van der Waals surface area contributed by atoms with Crippen LogP contribution in [-0.4, -0.2) is 40.9 Å². The largest absolute Gasteiger partial charge is 0.480 e. The minimum absolute atomic E-state index is 0.00326. The van der Waals surface area contributed by atoms with E-state index < -0.39 is 35.7 Å². The molecule has 0 spiro atoms. The lowest BCUT2D eigenvalue weighted by Gasteiger charge is -2.25. The van der Waals surface area contributed by atoms with Gasteiger partial charge in [-0.1, -0.05) is 12.1 Å². The first-order valence-corrected chi connectivity index (χ1v) is 6.85. The number of carboxylic acid groups (broad SMARTS) is 1. The molecule has 1 heterocycles. The Morgan fingerprint density at radius 3 is 2.50 bits per heavy atom. The third kappa shape index (κ3) is 3.08. The molecule has 2 N–H and O–H groups in total. The number of likely N-dealkylation sites (tertiary alicyclic amines) is 1. The molecule has 2 unspecified atom stereocenters. The fourth-order valence-corrected chi connectivity index (χ4v) is 2.60. The Kier molecular flexibility index (Phi) is 4.44. The number of carboxylic acids is 1. The van der Waals surface area contributed by atoms with Gasteiger partial charge in [-0.3, -0.25) is 14.4 Å². The van der Waals surface area contributed by atoms with Crippen molar-refractivity contribution >= 4 is 17.8 Å². The Labute approximate surface area is 126 Å². The summed E-state index contributed by atoms with van der Waals surface area (Å²) in [6.07, 6.45) is -0.00326. The molecule has 1 aliphatic heterocycles. The van der Waals surface area contributed by atoms with Crippen LogP contribution in [0.4, 0.5) is 4.39 Å². The Hall–Kier alpha value is -2.44. The summed E-state index contributed by atoms with van der Waals surface area (Å²) in [4.78, 5) is 36.5. The highest BCUT2D eigenvalue weighted by molar-refractivity contribution is 5.92. The van der Waals surface area contributed by atoms with E-state index in [1.165, 1.54) is 36.1 Å². The van der Waals surface area contributed by atoms with Gasteiger partial charge in [-0.25, -0.2) is 4.39 Å². The van der Waals surface area contributed by atoms with Crippen molar-refractivity contribution in [1.29, 1.82) is 0 Å². The molecule has 118 valence electrons. The molecule has 1 aromatic rings. The van der Waals surface area contributed by atoms with Gasteiger partial charge in [-0.2, -0.15) is 0 Å². The van der Waals surface area contributed by atoms with Crippen LogP contribution in [0.15, 0.2) is 24.3 Å². The van der Waals surface area contributed by atoms with E-state index in [9.17, 15) is 18.8 Å². The molecular weight excluding hydrogens is 291 g/mol. The lowest BCUT2D eigenvalue weighted by Crippen LogP contribution is -2.43. The maximum atomic E-state index is 13.0. The second kappa shape index (κ2) is 6.13. The highest BCUT2D eigenvalue weighted by Crippen LogP contribution is 2.37. The second-order valence-electron chi connectivity index (χ2n) is 5.38. The van der Waals surface area contributed by atoms with Crippen molar-refractivity contribution in [2.24, 2.45) is 5.92 Å². The van der Waals surface area contributed by atoms with Crippen LogP contribution < -0.4 is 5.32 Å². The van der Waals surface area contributed by atoms with Crippen LogP contribution in [0.5, 0.6) is 0 Å². The zero-order valence-electron chi connectivity index (χ0n) is 12.2. The van der Waals surface area contributed by atoms with Gasteiger partial charge >= 0.3 is 5.97 Å². The number of benzene rings is 1. The van der Waals surface area contributed by atoms with Gasteiger partial charge in [-0.05, 0) is 24.6 Å². The lowest BCUT2D eigenvalue weighted by molar-refractivity contribution is -0.142. The number of nitrogens with one attached hydrogen (secondary N) is 1. The van der Waals surface area contributed by atoms with E-state index in [2.05, 4.69) is 5.32 Å². The SMILES string of the molecule is C[C@@H](NC(=O)C1CC(=O)N(C)C1c1ccc(F)cc1)C(=O)O. The predicted octanol–water partition coefficient (Wildman–Crippen LogP) is 0.934. The van der Waals surface area contributed by atoms with Crippen LogP contribution >= 0.6 is 0 Å². The molecule has 2 amide bonds. The summed E-state index contributed by atoms with van der Waals surface area (Å²) in [6, 6.07) is 4.00. The lowest BCUT2D eigenvalue weighted by atomic mass is 9.92. The Morgan fingerprint density at radius 2 is 1.95 bits per heavy atom. The Bertz CT molecular complexity index is 602. The van der Waals surface area contributed by atoms with Gasteiger partial charge in [0.15, 0.2) is 0 Å². The fourth-order valence-electron chi connectivity index (χ4n) is 2.60. The van der Waals surface area contributed by atoms with Crippen LogP contribution in [-0.2, 0) is 14.4 Å². The molecule has 1 aromatic carbocycles. The molecule has 22 heavy (non-hydrogen) atoms. The maximum Gasteiger partial charge on any atom is 0.325 e. The maximum absolute atomic E-state index is 13.0. The molecular formula is C15H17FN2O4. The van der Waals surface area contributed by atoms with E-state index in [1.807, 2.05) is 0 Å². The number of carbonyl (C=O) groups excluding carboxylic acids is 2. The second-order valence-corrected chi connectivity index (χ2v) is 5.38. The first-order chi connectivity index (χ1) is 10.3. The van der Waals surface area contributed by atoms with Gasteiger partial charge in [0, 0.05) is 13.5 Å². The summed E-state index contributed by atoms with van der Waals surface area (Å²) in [5, 5.41) is 11.2. The van der Waals surface area contributed by atoms with Crippen molar-refractivity contribution in [3.8, 4) is 0 Å². The van der Waals surface area contributed by atoms with Crippen LogP contribution in [0.3, 0.4) is 0 Å². The molecule has 6 nitrogen and oxygen atoms in total. The van der Waals surface area contributed by atoms with Gasteiger partial charge < -0.3 is 15.3 Å². The molecule has 1 aliphatic rings. The van der Waals surface area contributed by atoms with Gasteiger partial charge in [0.2, 0.25) is 11.8 Å². The first kappa shape index (κ1) is 15.9. The Balaban J connectivity index is 2.25. The number of hydrogen-bond donors (Lipinski definition) is 2. The predicted molar refractivity (Wildman–Crippen MR) is 75.3 cm³/mol. The molecule has 0 aliphatic carbocycles. The van der Waals surface area contributed by atoms with Gasteiger partial charge in [0.05, 0.1) is 12.0 Å². The van der Waals surface area contributed by atoms with Crippen molar-refractivity contribution in [3.63, 3.8) is 0 Å². The summed E-state index contributed by atoms with van der Waals surface area (Å²) in [5.41, 5.74) is 0.637. The summed E-state index contributed by atoms with van der Waals surface area (Å²) in [5.74, 6) is -2.97. The number of amides is 2. The number of hydrogen-bond acceptors (Lipinski definition) is 3. The molecule has 1 fully saturated rings. The van der Waals surface area contributed by atoms with E-state index in [0.717, 1.165) is 0 Å². The van der Waals surface area contributed by atoms with Crippen LogP contribution in [0, 0.1) is 11.7 Å². The van der Waals surface area contributed by atoms with Crippen molar-refractivity contribution in [2.75, 3.05) is 7.05 Å². The highest BCUT2D eigenvalue weighted by atomic mass is 19.1. The molecule has 7 heteroatoms. The third-order valence-corrected chi connectivity index (χ3v) is 3.86. The Morgan fingerprint density at radius 1 is 1.36 bits per heavy atom. The van der Waals surface area contributed by atoms with E-state index in [4.69, 9.17) is 5.11 Å².